The number of rotatable bonds is 4. The predicted octanol–water partition coefficient (Wildman–Crippen LogP) is 2.03. The fourth-order valence-electron chi connectivity index (χ4n) is 3.08. The molecule has 2 rings (SSSR count). The van der Waals surface area contributed by atoms with Gasteiger partial charge in [0, 0.05) is 31.4 Å². The Morgan fingerprint density at radius 3 is 2.68 bits per heavy atom. The van der Waals surface area contributed by atoms with Gasteiger partial charge in [0.15, 0.2) is 0 Å². The van der Waals surface area contributed by atoms with Gasteiger partial charge in [-0.15, -0.1) is 0 Å². The molecule has 1 atom stereocenters. The van der Waals surface area contributed by atoms with Crippen molar-refractivity contribution < 1.29 is 0 Å². The summed E-state index contributed by atoms with van der Waals surface area (Å²) in [4.78, 5) is 5.08. The van der Waals surface area contributed by atoms with Crippen molar-refractivity contribution in [1.82, 2.24) is 4.90 Å². The van der Waals surface area contributed by atoms with Crippen LogP contribution in [0.5, 0.6) is 0 Å². The smallest absolute Gasteiger partial charge is 0.0397 e. The molecule has 1 unspecified atom stereocenters. The number of likely N-dealkylation sites (N-methyl/N-ethyl adjacent to an activating group) is 1. The second kappa shape index (κ2) is 6.40. The van der Waals surface area contributed by atoms with Crippen LogP contribution in [0.3, 0.4) is 0 Å². The molecule has 0 spiro atoms. The van der Waals surface area contributed by atoms with Crippen molar-refractivity contribution >= 4 is 5.69 Å². The molecule has 106 valence electrons. The zero-order valence-electron chi connectivity index (χ0n) is 12.5. The van der Waals surface area contributed by atoms with E-state index in [1.165, 1.54) is 23.4 Å². The van der Waals surface area contributed by atoms with Gasteiger partial charge in [0.1, 0.15) is 0 Å². The molecule has 1 aromatic carbocycles. The molecule has 1 saturated heterocycles. The molecular weight excluding hydrogens is 234 g/mol. The van der Waals surface area contributed by atoms with Crippen LogP contribution in [0, 0.1) is 6.92 Å². The van der Waals surface area contributed by atoms with Crippen LogP contribution in [0.25, 0.3) is 0 Å². The third-order valence-electron chi connectivity index (χ3n) is 4.21. The molecule has 2 N–H and O–H groups in total. The van der Waals surface area contributed by atoms with Crippen LogP contribution < -0.4 is 10.6 Å². The van der Waals surface area contributed by atoms with Crippen LogP contribution in [0.4, 0.5) is 5.69 Å². The fourth-order valence-corrected chi connectivity index (χ4v) is 3.08. The molecule has 0 radical (unpaired) electrons. The highest BCUT2D eigenvalue weighted by Gasteiger charge is 2.23. The molecule has 1 fully saturated rings. The molecule has 1 heterocycles. The number of anilines is 1. The highest BCUT2D eigenvalue weighted by Crippen LogP contribution is 2.24. The van der Waals surface area contributed by atoms with E-state index in [-0.39, 0.29) is 0 Å². The van der Waals surface area contributed by atoms with Crippen molar-refractivity contribution in [2.24, 2.45) is 5.73 Å². The van der Waals surface area contributed by atoms with Crippen molar-refractivity contribution in [2.45, 2.75) is 33.2 Å². The Morgan fingerprint density at radius 1 is 1.32 bits per heavy atom. The van der Waals surface area contributed by atoms with Crippen LogP contribution >= 0.6 is 0 Å². The fraction of sp³-hybridized carbons (Fsp3) is 0.625. The first-order valence-corrected chi connectivity index (χ1v) is 7.44. The Kier molecular flexibility index (Phi) is 4.83. The second-order valence-corrected chi connectivity index (χ2v) is 5.58. The van der Waals surface area contributed by atoms with E-state index in [9.17, 15) is 0 Å². The van der Waals surface area contributed by atoms with E-state index in [1.807, 2.05) is 0 Å². The molecule has 3 heteroatoms. The number of nitrogens with two attached hydrogens (primary N) is 1. The number of hydrogen-bond acceptors (Lipinski definition) is 3. The van der Waals surface area contributed by atoms with Gasteiger partial charge in [-0.3, -0.25) is 4.90 Å². The minimum absolute atomic E-state index is 0.641. The van der Waals surface area contributed by atoms with Crippen LogP contribution in [0.1, 0.15) is 25.0 Å². The lowest BCUT2D eigenvalue weighted by Gasteiger charge is -2.41. The van der Waals surface area contributed by atoms with Gasteiger partial charge >= 0.3 is 0 Å². The molecule has 1 aliphatic rings. The lowest BCUT2D eigenvalue weighted by Crippen LogP contribution is -2.51. The van der Waals surface area contributed by atoms with Crippen LogP contribution in [-0.4, -0.2) is 43.7 Å². The normalized spacial score (nSPS) is 20.8. The Hall–Kier alpha value is -1.06. The molecule has 0 bridgehead atoms. The molecule has 1 aliphatic heterocycles. The SMILES string of the molecule is CCN1CCN(c2ccc(CCN)cc2C)CC1C. The summed E-state index contributed by atoms with van der Waals surface area (Å²) in [7, 11) is 0. The maximum absolute atomic E-state index is 5.62. The highest BCUT2D eigenvalue weighted by atomic mass is 15.3. The van der Waals surface area contributed by atoms with Crippen molar-refractivity contribution in [2.75, 3.05) is 37.6 Å². The zero-order chi connectivity index (χ0) is 13.8. The largest absolute Gasteiger partial charge is 0.368 e. The summed E-state index contributed by atoms with van der Waals surface area (Å²) >= 11 is 0. The first kappa shape index (κ1) is 14.4. The quantitative estimate of drug-likeness (QED) is 0.900. The average Bonchev–Trinajstić information content (AvgIpc) is 2.39. The highest BCUT2D eigenvalue weighted by molar-refractivity contribution is 5.55. The average molecular weight is 261 g/mol. The predicted molar refractivity (Wildman–Crippen MR) is 82.9 cm³/mol. The number of aryl methyl sites for hydroxylation is 1. The summed E-state index contributed by atoms with van der Waals surface area (Å²) in [5.74, 6) is 0. The summed E-state index contributed by atoms with van der Waals surface area (Å²) in [6.07, 6.45) is 0.973. The van der Waals surface area contributed by atoms with E-state index in [4.69, 9.17) is 5.73 Å². The van der Waals surface area contributed by atoms with Gasteiger partial charge < -0.3 is 10.6 Å². The van der Waals surface area contributed by atoms with Crippen molar-refractivity contribution in [3.05, 3.63) is 29.3 Å². The topological polar surface area (TPSA) is 32.5 Å². The number of hydrogen-bond donors (Lipinski definition) is 1. The molecule has 0 amide bonds. The van der Waals surface area contributed by atoms with E-state index in [0.29, 0.717) is 6.04 Å². The second-order valence-electron chi connectivity index (χ2n) is 5.58. The summed E-state index contributed by atoms with van der Waals surface area (Å²) in [6.45, 7) is 12.1. The van der Waals surface area contributed by atoms with Crippen LogP contribution in [-0.2, 0) is 6.42 Å². The first-order chi connectivity index (χ1) is 9.15. The van der Waals surface area contributed by atoms with Crippen molar-refractivity contribution in [3.8, 4) is 0 Å². The minimum Gasteiger partial charge on any atom is -0.368 e. The maximum atomic E-state index is 5.62. The summed E-state index contributed by atoms with van der Waals surface area (Å²) < 4.78 is 0. The number of benzene rings is 1. The van der Waals surface area contributed by atoms with Crippen LogP contribution in [0.15, 0.2) is 18.2 Å². The Labute approximate surface area is 117 Å². The molecule has 0 saturated carbocycles. The molecule has 0 aromatic heterocycles. The van der Waals surface area contributed by atoms with Gasteiger partial charge in [0.05, 0.1) is 0 Å². The molecule has 19 heavy (non-hydrogen) atoms. The zero-order valence-corrected chi connectivity index (χ0v) is 12.5. The maximum Gasteiger partial charge on any atom is 0.0397 e. The van der Waals surface area contributed by atoms with E-state index >= 15 is 0 Å². The van der Waals surface area contributed by atoms with Gasteiger partial charge in [-0.1, -0.05) is 19.1 Å². The lowest BCUT2D eigenvalue weighted by molar-refractivity contribution is 0.199. The Balaban J connectivity index is 2.10. The standard InChI is InChI=1S/C16H27N3/c1-4-18-9-10-19(12-14(18)3)16-6-5-15(7-8-17)11-13(16)2/h5-6,11,14H,4,7-10,12,17H2,1-3H3. The lowest BCUT2D eigenvalue weighted by atomic mass is 10.0. The summed E-state index contributed by atoms with van der Waals surface area (Å²) in [5.41, 5.74) is 9.75. The van der Waals surface area contributed by atoms with Gasteiger partial charge in [-0.2, -0.15) is 0 Å². The van der Waals surface area contributed by atoms with Crippen LogP contribution in [0.2, 0.25) is 0 Å². The first-order valence-electron chi connectivity index (χ1n) is 7.44. The van der Waals surface area contributed by atoms with E-state index < -0.39 is 0 Å². The number of piperazine rings is 1. The van der Waals surface area contributed by atoms with E-state index in [1.54, 1.807) is 0 Å². The molecular formula is C16H27N3. The Morgan fingerprint density at radius 2 is 2.11 bits per heavy atom. The minimum atomic E-state index is 0.641. The third kappa shape index (κ3) is 3.28. The molecule has 1 aromatic rings. The van der Waals surface area contributed by atoms with Crippen molar-refractivity contribution in [3.63, 3.8) is 0 Å². The van der Waals surface area contributed by atoms with Gasteiger partial charge in [0.2, 0.25) is 0 Å². The Bertz CT molecular complexity index is 416. The monoisotopic (exact) mass is 261 g/mol. The molecule has 3 nitrogen and oxygen atoms in total. The van der Waals surface area contributed by atoms with E-state index in [2.05, 4.69) is 48.8 Å². The third-order valence-corrected chi connectivity index (χ3v) is 4.21. The van der Waals surface area contributed by atoms with E-state index in [0.717, 1.165) is 32.6 Å². The van der Waals surface area contributed by atoms with Crippen molar-refractivity contribution in [1.29, 1.82) is 0 Å². The molecule has 0 aliphatic carbocycles. The summed E-state index contributed by atoms with van der Waals surface area (Å²) in [6, 6.07) is 7.43. The van der Waals surface area contributed by atoms with Gasteiger partial charge in [-0.05, 0) is 50.6 Å². The van der Waals surface area contributed by atoms with Gasteiger partial charge in [0.25, 0.3) is 0 Å². The number of nitrogens with zero attached hydrogens (tertiary/aromatic N) is 2. The van der Waals surface area contributed by atoms with Gasteiger partial charge in [-0.25, -0.2) is 0 Å². The summed E-state index contributed by atoms with van der Waals surface area (Å²) in [5, 5.41) is 0.